The molecule has 0 bridgehead atoms. The summed E-state index contributed by atoms with van der Waals surface area (Å²) in [5, 5.41) is 12.1. The average Bonchev–Trinajstić information content (AvgIpc) is 2.86. The number of carbonyl (C=O) groups excluding carboxylic acids is 1. The van der Waals surface area contributed by atoms with Crippen LogP contribution in [0.3, 0.4) is 0 Å². The lowest BCUT2D eigenvalue weighted by Gasteiger charge is -2.10. The van der Waals surface area contributed by atoms with Gasteiger partial charge in [-0.2, -0.15) is 0 Å². The van der Waals surface area contributed by atoms with E-state index in [0.29, 0.717) is 16.8 Å². The molecule has 4 rings (SSSR count). The van der Waals surface area contributed by atoms with E-state index >= 15 is 0 Å². The van der Waals surface area contributed by atoms with Crippen molar-refractivity contribution in [3.05, 3.63) is 99.6 Å². The molecule has 3 aromatic carbocycles. The normalized spacial score (nSPS) is 10.6. The highest BCUT2D eigenvalue weighted by atomic mass is 16.5. The van der Waals surface area contributed by atoms with Crippen molar-refractivity contribution in [2.75, 3.05) is 7.11 Å². The number of methoxy groups -OCH3 is 1. The van der Waals surface area contributed by atoms with Crippen molar-refractivity contribution in [3.8, 4) is 11.5 Å². The summed E-state index contributed by atoms with van der Waals surface area (Å²) in [7, 11) is 1.56. The third-order valence-corrected chi connectivity index (χ3v) is 5.07. The van der Waals surface area contributed by atoms with Crippen LogP contribution in [0.5, 0.6) is 11.5 Å². The number of fused-ring (bicyclic) bond motifs is 1. The van der Waals surface area contributed by atoms with Crippen LogP contribution in [0.4, 0.5) is 0 Å². The number of aromatic carboxylic acids is 1. The molecule has 0 radical (unpaired) electrons. The van der Waals surface area contributed by atoms with E-state index in [-0.39, 0.29) is 35.7 Å². The van der Waals surface area contributed by atoms with Crippen LogP contribution in [-0.2, 0) is 13.2 Å². The van der Waals surface area contributed by atoms with Crippen LogP contribution in [0.2, 0.25) is 0 Å². The van der Waals surface area contributed by atoms with Crippen LogP contribution in [0.15, 0.2) is 71.5 Å². The van der Waals surface area contributed by atoms with Gasteiger partial charge in [-0.1, -0.05) is 30.3 Å². The lowest BCUT2D eigenvalue weighted by atomic mass is 10.1. The number of H-pyrrole nitrogens is 1. The third-order valence-electron chi connectivity index (χ3n) is 5.07. The summed E-state index contributed by atoms with van der Waals surface area (Å²) in [5.41, 5.74) is 1.38. The van der Waals surface area contributed by atoms with Crippen molar-refractivity contribution >= 4 is 22.8 Å². The zero-order valence-corrected chi connectivity index (χ0v) is 18.2. The van der Waals surface area contributed by atoms with Gasteiger partial charge in [0.25, 0.3) is 11.5 Å². The third kappa shape index (κ3) is 5.04. The first-order valence-corrected chi connectivity index (χ1v) is 10.3. The lowest BCUT2D eigenvalue weighted by molar-refractivity contribution is 0.0696. The molecule has 0 spiro atoms. The molecule has 3 N–H and O–H groups in total. The summed E-state index contributed by atoms with van der Waals surface area (Å²) < 4.78 is 11.0. The lowest BCUT2D eigenvalue weighted by Crippen LogP contribution is -2.27. The van der Waals surface area contributed by atoms with E-state index in [9.17, 15) is 14.4 Å². The van der Waals surface area contributed by atoms with Crippen LogP contribution in [0.25, 0.3) is 10.9 Å². The van der Waals surface area contributed by atoms with Gasteiger partial charge in [0.15, 0.2) is 5.82 Å². The summed E-state index contributed by atoms with van der Waals surface area (Å²) in [6.07, 6.45) is 0. The predicted octanol–water partition coefficient (Wildman–Crippen LogP) is 3.14. The van der Waals surface area contributed by atoms with Gasteiger partial charge >= 0.3 is 5.97 Å². The molecular weight excluding hydrogens is 438 g/mol. The van der Waals surface area contributed by atoms with Gasteiger partial charge in [0.2, 0.25) is 0 Å². The number of carboxylic acids is 1. The van der Waals surface area contributed by atoms with Crippen LogP contribution in [-0.4, -0.2) is 34.1 Å². The molecule has 9 nitrogen and oxygen atoms in total. The van der Waals surface area contributed by atoms with E-state index < -0.39 is 17.4 Å². The monoisotopic (exact) mass is 459 g/mol. The summed E-state index contributed by atoms with van der Waals surface area (Å²) in [4.78, 5) is 43.3. The Balaban J connectivity index is 1.52. The minimum Gasteiger partial charge on any atom is -0.497 e. The molecule has 34 heavy (non-hydrogen) atoms. The smallest absolute Gasteiger partial charge is 0.335 e. The van der Waals surface area contributed by atoms with E-state index in [4.69, 9.17) is 14.6 Å². The number of carbonyl (C=O) groups is 2. The number of rotatable bonds is 8. The molecule has 0 unspecified atom stereocenters. The number of aromatic amines is 1. The quantitative estimate of drug-likeness (QED) is 0.369. The summed E-state index contributed by atoms with van der Waals surface area (Å²) in [5.74, 6) is -0.739. The van der Waals surface area contributed by atoms with Crippen molar-refractivity contribution in [2.24, 2.45) is 0 Å². The summed E-state index contributed by atoms with van der Waals surface area (Å²) >= 11 is 0. The Morgan fingerprint density at radius 1 is 1.03 bits per heavy atom. The SMILES string of the molecule is COc1cccc(CNC(=O)c2nc3cccc(OCc4cccc(C(=O)O)c4)c3c(=O)[nH]2)c1. The molecule has 0 aliphatic heterocycles. The molecule has 1 heterocycles. The first kappa shape index (κ1) is 22.5. The van der Waals surface area contributed by atoms with Gasteiger partial charge in [-0.25, -0.2) is 9.78 Å². The summed E-state index contributed by atoms with van der Waals surface area (Å²) in [6.45, 7) is 0.290. The first-order valence-electron chi connectivity index (χ1n) is 10.3. The van der Waals surface area contributed by atoms with Gasteiger partial charge in [-0.3, -0.25) is 9.59 Å². The largest absolute Gasteiger partial charge is 0.497 e. The van der Waals surface area contributed by atoms with Crippen molar-refractivity contribution in [1.82, 2.24) is 15.3 Å². The maximum Gasteiger partial charge on any atom is 0.335 e. The van der Waals surface area contributed by atoms with Gasteiger partial charge in [0.05, 0.1) is 18.2 Å². The highest BCUT2D eigenvalue weighted by molar-refractivity contribution is 5.93. The fraction of sp³-hybridized carbons (Fsp3) is 0.120. The van der Waals surface area contributed by atoms with Crippen LogP contribution in [0.1, 0.15) is 32.1 Å². The maximum atomic E-state index is 12.8. The molecular formula is C25H21N3O6. The number of hydrogen-bond donors (Lipinski definition) is 3. The van der Waals surface area contributed by atoms with Crippen molar-refractivity contribution in [1.29, 1.82) is 0 Å². The number of nitrogens with one attached hydrogen (secondary N) is 2. The fourth-order valence-corrected chi connectivity index (χ4v) is 3.39. The number of aromatic nitrogens is 2. The van der Waals surface area contributed by atoms with E-state index in [1.807, 2.05) is 12.1 Å². The van der Waals surface area contributed by atoms with Crippen LogP contribution in [0, 0.1) is 0 Å². The number of ether oxygens (including phenoxy) is 2. The number of carboxylic acid groups (broad SMARTS) is 1. The number of benzene rings is 3. The van der Waals surface area contributed by atoms with Crippen LogP contribution < -0.4 is 20.3 Å². The maximum absolute atomic E-state index is 12.8. The standard InChI is InChI=1S/C25H21N3O6/c1-33-18-8-3-5-15(12-18)13-26-24(30)22-27-19-9-4-10-20(21(19)23(29)28-22)34-14-16-6-2-7-17(11-16)25(31)32/h2-12H,13-14H2,1H3,(H,26,30)(H,31,32)(H,27,28,29). The highest BCUT2D eigenvalue weighted by Crippen LogP contribution is 2.22. The van der Waals surface area contributed by atoms with Crippen molar-refractivity contribution < 1.29 is 24.2 Å². The topological polar surface area (TPSA) is 131 Å². The Morgan fingerprint density at radius 2 is 1.79 bits per heavy atom. The molecule has 0 saturated carbocycles. The molecule has 4 aromatic rings. The number of hydrogen-bond acceptors (Lipinski definition) is 6. The van der Waals surface area contributed by atoms with Gasteiger partial charge in [0.1, 0.15) is 23.5 Å². The van der Waals surface area contributed by atoms with E-state index in [1.54, 1.807) is 49.6 Å². The zero-order valence-electron chi connectivity index (χ0n) is 18.2. The zero-order chi connectivity index (χ0) is 24.1. The minimum atomic E-state index is -1.04. The Kier molecular flexibility index (Phi) is 6.54. The molecule has 0 aliphatic rings. The summed E-state index contributed by atoms with van der Waals surface area (Å²) in [6, 6.07) is 18.5. The Morgan fingerprint density at radius 3 is 2.59 bits per heavy atom. The second-order valence-electron chi connectivity index (χ2n) is 7.39. The molecule has 9 heteroatoms. The molecule has 0 aliphatic carbocycles. The van der Waals surface area contributed by atoms with Crippen molar-refractivity contribution in [3.63, 3.8) is 0 Å². The second kappa shape index (κ2) is 9.86. The molecule has 0 saturated heterocycles. The Hall–Kier alpha value is -4.66. The predicted molar refractivity (Wildman–Crippen MR) is 124 cm³/mol. The highest BCUT2D eigenvalue weighted by Gasteiger charge is 2.15. The molecule has 0 fully saturated rings. The minimum absolute atomic E-state index is 0.0580. The van der Waals surface area contributed by atoms with Gasteiger partial charge < -0.3 is 24.9 Å². The number of nitrogens with zero attached hydrogens (tertiary/aromatic N) is 1. The molecule has 0 atom stereocenters. The van der Waals surface area contributed by atoms with Crippen LogP contribution >= 0.6 is 0 Å². The molecule has 1 amide bonds. The van der Waals surface area contributed by atoms with E-state index in [0.717, 1.165) is 5.56 Å². The average molecular weight is 459 g/mol. The Labute approximate surface area is 194 Å². The van der Waals surface area contributed by atoms with E-state index in [1.165, 1.54) is 12.1 Å². The first-order chi connectivity index (χ1) is 16.4. The second-order valence-corrected chi connectivity index (χ2v) is 7.39. The Bertz CT molecular complexity index is 1430. The molecule has 1 aromatic heterocycles. The fourth-order valence-electron chi connectivity index (χ4n) is 3.39. The van der Waals surface area contributed by atoms with Gasteiger partial charge in [-0.15, -0.1) is 0 Å². The van der Waals surface area contributed by atoms with Gasteiger partial charge in [-0.05, 0) is 47.5 Å². The van der Waals surface area contributed by atoms with E-state index in [2.05, 4.69) is 15.3 Å². The molecule has 172 valence electrons. The van der Waals surface area contributed by atoms with Gasteiger partial charge in [0, 0.05) is 6.54 Å². The van der Waals surface area contributed by atoms with Crippen molar-refractivity contribution in [2.45, 2.75) is 13.2 Å². The number of amides is 1.